The number of benzene rings is 1. The van der Waals surface area contributed by atoms with Crippen molar-refractivity contribution in [3.8, 4) is 6.07 Å². The number of amides is 2. The number of halogens is 3. The summed E-state index contributed by atoms with van der Waals surface area (Å²) in [5, 5.41) is 20.9. The Bertz CT molecular complexity index is 1780. The molecule has 4 aromatic rings. The summed E-state index contributed by atoms with van der Waals surface area (Å²) in [4.78, 5) is 23.5. The number of thiophene rings is 1. The molecule has 3 N–H and O–H groups in total. The van der Waals surface area contributed by atoms with E-state index < -0.39 is 12.6 Å². The third kappa shape index (κ3) is 6.64. The Balaban J connectivity index is 1.10. The van der Waals surface area contributed by atoms with Gasteiger partial charge in [-0.3, -0.25) is 4.90 Å². The van der Waals surface area contributed by atoms with Gasteiger partial charge >= 0.3 is 12.2 Å². The van der Waals surface area contributed by atoms with Gasteiger partial charge in [-0.2, -0.15) is 18.4 Å². The van der Waals surface area contributed by atoms with Crippen LogP contribution in [0.5, 0.6) is 0 Å². The number of alkyl halides is 3. The van der Waals surface area contributed by atoms with Gasteiger partial charge in [-0.1, -0.05) is 13.0 Å². The highest BCUT2D eigenvalue weighted by atomic mass is 32.1. The summed E-state index contributed by atoms with van der Waals surface area (Å²) in [6.45, 7) is 7.61. The van der Waals surface area contributed by atoms with Crippen LogP contribution in [-0.4, -0.2) is 63.9 Å². The molecule has 1 aliphatic carbocycles. The van der Waals surface area contributed by atoms with Gasteiger partial charge in [0.05, 0.1) is 11.8 Å². The van der Waals surface area contributed by atoms with Crippen LogP contribution in [-0.2, 0) is 19.5 Å². The fourth-order valence-electron chi connectivity index (χ4n) is 7.14. The molecule has 0 radical (unpaired) electrons. The van der Waals surface area contributed by atoms with E-state index in [4.69, 9.17) is 0 Å². The average molecular weight is 653 g/mol. The summed E-state index contributed by atoms with van der Waals surface area (Å²) in [5.74, 6) is 0.595. The van der Waals surface area contributed by atoms with Crippen LogP contribution < -0.4 is 16.0 Å². The van der Waals surface area contributed by atoms with Crippen LogP contribution in [0.2, 0.25) is 0 Å². The zero-order valence-corrected chi connectivity index (χ0v) is 27.1. The Kier molecular flexibility index (Phi) is 8.87. The number of anilines is 1. The molecule has 0 atom stereocenters. The van der Waals surface area contributed by atoms with E-state index in [1.165, 1.54) is 17.5 Å². The largest absolute Gasteiger partial charge is 0.393 e. The fraction of sp³-hybridized carbons (Fsp3) is 0.515. The summed E-state index contributed by atoms with van der Waals surface area (Å²) >= 11 is 1.06. The molecule has 6 rings (SSSR count). The topological polar surface area (TPSA) is 111 Å². The average Bonchev–Trinajstić information content (AvgIpc) is 3.58. The first-order chi connectivity index (χ1) is 22.0. The molecule has 1 aliphatic heterocycles. The third-order valence-electron chi connectivity index (χ3n) is 9.82. The molecule has 13 heteroatoms. The SMILES string of the molecule is CCC1(Cn2c(C#N)cc3c(C)c(CN4CCC(Nc5ncnc6sc(CC(F)(F)F)cc56)CC4)ccc32)CC(NC(=O)NC)C1. The Morgan fingerprint density at radius 3 is 2.59 bits per heavy atom. The molecule has 4 heterocycles. The molecule has 46 heavy (non-hydrogen) atoms. The molecule has 1 saturated heterocycles. The van der Waals surface area contributed by atoms with Crippen molar-refractivity contribution in [1.82, 2.24) is 30.1 Å². The van der Waals surface area contributed by atoms with E-state index in [0.717, 1.165) is 80.5 Å². The molecule has 1 saturated carbocycles. The minimum absolute atomic E-state index is 0.0422. The number of rotatable bonds is 9. The molecule has 2 amide bonds. The van der Waals surface area contributed by atoms with Gasteiger partial charge < -0.3 is 20.5 Å². The number of fused-ring (bicyclic) bond motifs is 2. The molecule has 2 aliphatic rings. The van der Waals surface area contributed by atoms with Gasteiger partial charge in [0, 0.05) is 61.1 Å². The van der Waals surface area contributed by atoms with E-state index >= 15 is 0 Å². The first kappa shape index (κ1) is 32.1. The molecule has 9 nitrogen and oxygen atoms in total. The van der Waals surface area contributed by atoms with Crippen LogP contribution in [0, 0.1) is 23.7 Å². The molecule has 3 aromatic heterocycles. The lowest BCUT2D eigenvalue weighted by molar-refractivity contribution is -0.126. The van der Waals surface area contributed by atoms with Crippen LogP contribution in [0.25, 0.3) is 21.1 Å². The number of likely N-dealkylation sites (tertiary alicyclic amines) is 1. The van der Waals surface area contributed by atoms with Crippen molar-refractivity contribution in [1.29, 1.82) is 5.26 Å². The van der Waals surface area contributed by atoms with Crippen LogP contribution in [0.3, 0.4) is 0 Å². The highest BCUT2D eigenvalue weighted by Gasteiger charge is 2.44. The molecule has 0 bridgehead atoms. The van der Waals surface area contributed by atoms with Gasteiger partial charge in [0.15, 0.2) is 0 Å². The monoisotopic (exact) mass is 652 g/mol. The summed E-state index contributed by atoms with van der Waals surface area (Å²) in [5.41, 5.74) is 4.19. The second kappa shape index (κ2) is 12.7. The molecule has 2 fully saturated rings. The van der Waals surface area contributed by atoms with Crippen LogP contribution >= 0.6 is 11.3 Å². The van der Waals surface area contributed by atoms with E-state index in [1.807, 2.05) is 6.07 Å². The van der Waals surface area contributed by atoms with Gasteiger partial charge in [-0.15, -0.1) is 11.3 Å². The Morgan fingerprint density at radius 2 is 1.91 bits per heavy atom. The Hall–Kier alpha value is -3.89. The smallest absolute Gasteiger partial charge is 0.367 e. The molecular weight excluding hydrogens is 613 g/mol. The summed E-state index contributed by atoms with van der Waals surface area (Å²) in [6, 6.07) is 10.5. The predicted octanol–water partition coefficient (Wildman–Crippen LogP) is 6.50. The number of carbonyl (C=O) groups excluding carboxylic acids is 1. The number of hydrogen-bond acceptors (Lipinski definition) is 7. The van der Waals surface area contributed by atoms with Gasteiger partial charge in [0.1, 0.15) is 28.7 Å². The molecule has 1 aromatic carbocycles. The zero-order chi connectivity index (χ0) is 32.6. The van der Waals surface area contributed by atoms with E-state index in [9.17, 15) is 23.2 Å². The first-order valence-electron chi connectivity index (χ1n) is 15.8. The second-order valence-electron chi connectivity index (χ2n) is 12.8. The van der Waals surface area contributed by atoms with E-state index in [2.05, 4.69) is 67.4 Å². The third-order valence-corrected chi connectivity index (χ3v) is 10.9. The summed E-state index contributed by atoms with van der Waals surface area (Å²) in [6.07, 6.45) is 0.706. The quantitative estimate of drug-likeness (QED) is 0.191. The van der Waals surface area contributed by atoms with E-state index in [-0.39, 0.29) is 28.4 Å². The van der Waals surface area contributed by atoms with Gasteiger partial charge in [0.2, 0.25) is 0 Å². The van der Waals surface area contributed by atoms with Gasteiger partial charge in [-0.05, 0) is 73.8 Å². The zero-order valence-electron chi connectivity index (χ0n) is 26.3. The van der Waals surface area contributed by atoms with Crippen LogP contribution in [0.4, 0.5) is 23.8 Å². The number of hydrogen-bond donors (Lipinski definition) is 3. The molecular formula is C33H39F3N8OS. The Labute approximate surface area is 270 Å². The standard InChI is InChI=1S/C33H39F3N8OS/c1-4-32(13-23(14-32)42-31(45)38-3)18-44-24(16-37)11-26-20(2)21(5-6-28(26)44)17-43-9-7-22(8-10-43)41-29-27-12-25(15-33(34,35)36)46-30(27)40-19-39-29/h5-6,11-12,19,22-23H,4,7-10,13-15,17-18H2,1-3H3,(H2,38,42,45)(H,39,40,41). The number of nitrogens with zero attached hydrogens (tertiary/aromatic N) is 5. The van der Waals surface area contributed by atoms with Crippen molar-refractivity contribution < 1.29 is 18.0 Å². The number of piperidine rings is 1. The Morgan fingerprint density at radius 1 is 1.15 bits per heavy atom. The van der Waals surface area contributed by atoms with Crippen molar-refractivity contribution >= 4 is 44.3 Å². The van der Waals surface area contributed by atoms with Gasteiger partial charge in [0.25, 0.3) is 0 Å². The van der Waals surface area contributed by atoms with Crippen molar-refractivity contribution in [2.24, 2.45) is 5.41 Å². The number of nitriles is 1. The maximum absolute atomic E-state index is 12.9. The number of aryl methyl sites for hydroxylation is 1. The van der Waals surface area contributed by atoms with Crippen molar-refractivity contribution in [3.63, 3.8) is 0 Å². The summed E-state index contributed by atoms with van der Waals surface area (Å²) in [7, 11) is 1.62. The highest BCUT2D eigenvalue weighted by molar-refractivity contribution is 7.18. The van der Waals surface area contributed by atoms with Crippen LogP contribution in [0.1, 0.15) is 60.7 Å². The number of aromatic nitrogens is 3. The van der Waals surface area contributed by atoms with Crippen molar-refractivity contribution in [2.75, 3.05) is 25.5 Å². The lowest BCUT2D eigenvalue weighted by atomic mass is 9.63. The van der Waals surface area contributed by atoms with Crippen molar-refractivity contribution in [3.05, 3.63) is 52.3 Å². The maximum atomic E-state index is 12.9. The number of urea groups is 1. The van der Waals surface area contributed by atoms with Gasteiger partial charge in [-0.25, -0.2) is 14.8 Å². The van der Waals surface area contributed by atoms with E-state index in [1.54, 1.807) is 13.1 Å². The minimum atomic E-state index is -4.26. The summed E-state index contributed by atoms with van der Waals surface area (Å²) < 4.78 is 41.0. The maximum Gasteiger partial charge on any atom is 0.393 e. The predicted molar refractivity (Wildman–Crippen MR) is 174 cm³/mol. The van der Waals surface area contributed by atoms with E-state index in [0.29, 0.717) is 21.7 Å². The number of nitrogens with one attached hydrogen (secondary N) is 3. The molecule has 244 valence electrons. The number of carbonyl (C=O) groups is 1. The lowest BCUT2D eigenvalue weighted by Crippen LogP contribution is -2.54. The minimum Gasteiger partial charge on any atom is -0.367 e. The molecule has 0 spiro atoms. The fourth-order valence-corrected chi connectivity index (χ4v) is 8.17. The molecule has 0 unspecified atom stereocenters. The van der Waals surface area contributed by atoms with Crippen LogP contribution in [0.15, 0.2) is 30.6 Å². The van der Waals surface area contributed by atoms with Crippen molar-refractivity contribution in [2.45, 2.75) is 83.7 Å². The highest BCUT2D eigenvalue weighted by Crippen LogP contribution is 2.46. The lowest BCUT2D eigenvalue weighted by Gasteiger charge is -2.48. The first-order valence-corrected chi connectivity index (χ1v) is 16.6. The second-order valence-corrected chi connectivity index (χ2v) is 13.9. The normalized spacial score (nSPS) is 20.8.